The van der Waals surface area contributed by atoms with Crippen LogP contribution in [0.15, 0.2) is 0 Å². The fraction of sp³-hybridized carbons (Fsp3) is 0.667. The van der Waals surface area contributed by atoms with Gasteiger partial charge in [0.05, 0.1) is 5.92 Å². The number of hydrogen-bond donors (Lipinski definition) is 3. The summed E-state index contributed by atoms with van der Waals surface area (Å²) in [4.78, 5) is 10.5. The number of nitrogens with one attached hydrogen (secondary N) is 2. The Morgan fingerprint density at radius 3 is 2.60 bits per heavy atom. The first kappa shape index (κ1) is 9.10. The van der Waals surface area contributed by atoms with E-state index < -0.39 is 11.8 Å². The van der Waals surface area contributed by atoms with Crippen molar-refractivity contribution in [2.45, 2.75) is 6.92 Å². The molecule has 0 saturated carbocycles. The minimum atomic E-state index is -0.451. The highest BCUT2D eigenvalue weighted by atomic mass is 16.1. The van der Waals surface area contributed by atoms with Crippen molar-refractivity contribution in [2.24, 2.45) is 11.7 Å². The van der Waals surface area contributed by atoms with E-state index >= 15 is 0 Å². The van der Waals surface area contributed by atoms with Gasteiger partial charge in [0.1, 0.15) is 0 Å². The normalized spacial score (nSPS) is 12.6. The molecule has 0 aromatic carbocycles. The predicted molar refractivity (Wildman–Crippen MR) is 40.0 cm³/mol. The molecular formula is C6H13N3O. The predicted octanol–water partition coefficient (Wildman–Crippen LogP) is -0.653. The standard InChI is InChI=1S/C6H13N3O/c1-4(6(8)10)5(7)3-9-2/h4,7,9H,3H2,1-2H3,(H2,8,10). The highest BCUT2D eigenvalue weighted by molar-refractivity contribution is 6.02. The lowest BCUT2D eigenvalue weighted by atomic mass is 10.1. The molecular weight excluding hydrogens is 130 g/mol. The molecule has 0 saturated heterocycles. The minimum Gasteiger partial charge on any atom is -0.369 e. The van der Waals surface area contributed by atoms with Gasteiger partial charge in [-0.1, -0.05) is 0 Å². The van der Waals surface area contributed by atoms with Crippen LogP contribution in [0.4, 0.5) is 0 Å². The summed E-state index contributed by atoms with van der Waals surface area (Å²) in [6, 6.07) is 0. The molecule has 0 aliphatic rings. The lowest BCUT2D eigenvalue weighted by Crippen LogP contribution is -2.32. The van der Waals surface area contributed by atoms with E-state index in [9.17, 15) is 4.79 Å². The average molecular weight is 143 g/mol. The Hall–Kier alpha value is -0.900. The Morgan fingerprint density at radius 2 is 2.30 bits per heavy atom. The monoisotopic (exact) mass is 143 g/mol. The number of primary amides is 1. The second kappa shape index (κ2) is 4.00. The van der Waals surface area contributed by atoms with Crippen LogP contribution in [0.3, 0.4) is 0 Å². The van der Waals surface area contributed by atoms with Crippen LogP contribution in [0.25, 0.3) is 0 Å². The smallest absolute Gasteiger partial charge is 0.225 e. The zero-order valence-corrected chi connectivity index (χ0v) is 6.27. The Kier molecular flexibility index (Phi) is 3.64. The number of carbonyl (C=O) groups excluding carboxylic acids is 1. The minimum absolute atomic E-state index is 0.329. The van der Waals surface area contributed by atoms with Gasteiger partial charge in [-0.15, -0.1) is 0 Å². The second-order valence-corrected chi connectivity index (χ2v) is 2.18. The number of amides is 1. The zero-order chi connectivity index (χ0) is 8.15. The summed E-state index contributed by atoms with van der Waals surface area (Å²) in [6.45, 7) is 2.05. The van der Waals surface area contributed by atoms with Crippen molar-refractivity contribution in [3.05, 3.63) is 0 Å². The topological polar surface area (TPSA) is 79.0 Å². The van der Waals surface area contributed by atoms with E-state index in [0.717, 1.165) is 0 Å². The van der Waals surface area contributed by atoms with Crippen molar-refractivity contribution >= 4 is 11.6 Å². The molecule has 0 aromatic heterocycles. The molecule has 4 nitrogen and oxygen atoms in total. The third-order valence-electron chi connectivity index (χ3n) is 1.32. The first-order valence-electron chi connectivity index (χ1n) is 3.10. The summed E-state index contributed by atoms with van der Waals surface area (Å²) in [6.07, 6.45) is 0. The van der Waals surface area contributed by atoms with Crippen LogP contribution in [-0.2, 0) is 4.79 Å². The molecule has 0 radical (unpaired) electrons. The van der Waals surface area contributed by atoms with Crippen LogP contribution in [-0.4, -0.2) is 25.2 Å². The molecule has 1 amide bonds. The van der Waals surface area contributed by atoms with Crippen LogP contribution in [0, 0.1) is 11.3 Å². The summed E-state index contributed by atoms with van der Waals surface area (Å²) in [5.74, 6) is -0.896. The number of carbonyl (C=O) groups is 1. The summed E-state index contributed by atoms with van der Waals surface area (Å²) in [7, 11) is 1.72. The Balaban J connectivity index is 3.82. The fourth-order valence-electron chi connectivity index (χ4n) is 0.515. The van der Waals surface area contributed by atoms with Crippen molar-refractivity contribution in [3.63, 3.8) is 0 Å². The zero-order valence-electron chi connectivity index (χ0n) is 6.27. The molecule has 1 atom stereocenters. The molecule has 58 valence electrons. The maximum atomic E-state index is 10.5. The SMILES string of the molecule is CNCC(=N)C(C)C(N)=O. The number of nitrogens with two attached hydrogens (primary N) is 1. The number of hydrogen-bond acceptors (Lipinski definition) is 3. The Morgan fingerprint density at radius 1 is 1.80 bits per heavy atom. The summed E-state index contributed by atoms with van der Waals surface area (Å²) in [5, 5.41) is 10.0. The molecule has 0 aliphatic carbocycles. The molecule has 0 bridgehead atoms. The first-order valence-corrected chi connectivity index (χ1v) is 3.10. The Labute approximate surface area is 60.3 Å². The van der Waals surface area contributed by atoms with E-state index in [1.807, 2.05) is 0 Å². The lowest BCUT2D eigenvalue weighted by molar-refractivity contribution is -0.119. The molecule has 0 aliphatic heterocycles. The van der Waals surface area contributed by atoms with Crippen molar-refractivity contribution in [3.8, 4) is 0 Å². The van der Waals surface area contributed by atoms with E-state index in [0.29, 0.717) is 12.3 Å². The van der Waals surface area contributed by atoms with E-state index in [1.54, 1.807) is 14.0 Å². The average Bonchev–Trinajstić information content (AvgIpc) is 1.87. The Bertz CT molecular complexity index is 144. The van der Waals surface area contributed by atoms with Crippen LogP contribution in [0.2, 0.25) is 0 Å². The van der Waals surface area contributed by atoms with Gasteiger partial charge < -0.3 is 16.5 Å². The van der Waals surface area contributed by atoms with Crippen molar-refractivity contribution in [2.75, 3.05) is 13.6 Å². The van der Waals surface area contributed by atoms with Gasteiger partial charge in [0.25, 0.3) is 0 Å². The van der Waals surface area contributed by atoms with E-state index in [4.69, 9.17) is 11.1 Å². The van der Waals surface area contributed by atoms with E-state index in [2.05, 4.69) is 5.32 Å². The van der Waals surface area contributed by atoms with Gasteiger partial charge in [-0.05, 0) is 14.0 Å². The van der Waals surface area contributed by atoms with Crippen LogP contribution >= 0.6 is 0 Å². The van der Waals surface area contributed by atoms with Gasteiger partial charge in [-0.2, -0.15) is 0 Å². The maximum Gasteiger partial charge on any atom is 0.225 e. The molecule has 0 spiro atoms. The summed E-state index contributed by atoms with van der Waals surface area (Å²) in [5.41, 5.74) is 5.29. The molecule has 4 N–H and O–H groups in total. The lowest BCUT2D eigenvalue weighted by Gasteiger charge is -2.07. The van der Waals surface area contributed by atoms with Gasteiger partial charge in [-0.3, -0.25) is 4.79 Å². The maximum absolute atomic E-state index is 10.5. The summed E-state index contributed by atoms with van der Waals surface area (Å²) >= 11 is 0. The second-order valence-electron chi connectivity index (χ2n) is 2.18. The first-order chi connectivity index (χ1) is 4.59. The van der Waals surface area contributed by atoms with Gasteiger partial charge >= 0.3 is 0 Å². The molecule has 10 heavy (non-hydrogen) atoms. The molecule has 4 heteroatoms. The largest absolute Gasteiger partial charge is 0.369 e. The fourth-order valence-corrected chi connectivity index (χ4v) is 0.515. The van der Waals surface area contributed by atoms with Crippen molar-refractivity contribution < 1.29 is 4.79 Å². The van der Waals surface area contributed by atoms with E-state index in [-0.39, 0.29) is 0 Å². The van der Waals surface area contributed by atoms with Crippen LogP contribution in [0.5, 0.6) is 0 Å². The van der Waals surface area contributed by atoms with E-state index in [1.165, 1.54) is 0 Å². The third kappa shape index (κ3) is 2.59. The highest BCUT2D eigenvalue weighted by Crippen LogP contribution is 1.93. The molecule has 0 rings (SSSR count). The van der Waals surface area contributed by atoms with Gasteiger partial charge in [0, 0.05) is 12.3 Å². The third-order valence-corrected chi connectivity index (χ3v) is 1.32. The molecule has 0 aromatic rings. The van der Waals surface area contributed by atoms with Gasteiger partial charge in [0.15, 0.2) is 0 Å². The molecule has 1 unspecified atom stereocenters. The summed E-state index contributed by atoms with van der Waals surface area (Å²) < 4.78 is 0. The highest BCUT2D eigenvalue weighted by Gasteiger charge is 2.12. The van der Waals surface area contributed by atoms with Crippen molar-refractivity contribution in [1.29, 1.82) is 5.41 Å². The van der Waals surface area contributed by atoms with Gasteiger partial charge in [-0.25, -0.2) is 0 Å². The van der Waals surface area contributed by atoms with Gasteiger partial charge in [0.2, 0.25) is 5.91 Å². The molecule has 0 heterocycles. The van der Waals surface area contributed by atoms with Crippen molar-refractivity contribution in [1.82, 2.24) is 5.32 Å². The quantitative estimate of drug-likeness (QED) is 0.457. The number of rotatable bonds is 4. The molecule has 0 fully saturated rings. The van der Waals surface area contributed by atoms with Crippen LogP contribution in [0.1, 0.15) is 6.92 Å². The van der Waals surface area contributed by atoms with Crippen LogP contribution < -0.4 is 11.1 Å².